The van der Waals surface area contributed by atoms with E-state index >= 15 is 0 Å². The number of amides is 1. The van der Waals surface area contributed by atoms with E-state index in [-0.39, 0.29) is 5.91 Å². The molecule has 0 saturated heterocycles. The first-order valence-corrected chi connectivity index (χ1v) is 8.96. The molecule has 0 saturated carbocycles. The molecule has 0 spiro atoms. The van der Waals surface area contributed by atoms with Crippen LogP contribution in [0.1, 0.15) is 49.8 Å². The molecule has 6 nitrogen and oxygen atoms in total. The van der Waals surface area contributed by atoms with Crippen molar-refractivity contribution in [2.45, 2.75) is 46.7 Å². The molecule has 1 aliphatic rings. The number of carbonyl (C=O) groups is 1. The SMILES string of the molecule is CN(C)CCNC(=O)c1cc2n(n1)CCCN(CCC(C)(C)C)C2. The monoisotopic (exact) mass is 335 g/mol. The minimum Gasteiger partial charge on any atom is -0.349 e. The smallest absolute Gasteiger partial charge is 0.271 e. The van der Waals surface area contributed by atoms with Gasteiger partial charge in [0.05, 0.1) is 5.69 Å². The summed E-state index contributed by atoms with van der Waals surface area (Å²) in [6, 6.07) is 1.96. The average Bonchev–Trinajstić information content (AvgIpc) is 2.77. The van der Waals surface area contributed by atoms with E-state index in [0.29, 0.717) is 17.7 Å². The Labute approximate surface area is 146 Å². The Balaban J connectivity index is 1.95. The van der Waals surface area contributed by atoms with Crippen LogP contribution in [0, 0.1) is 5.41 Å². The van der Waals surface area contributed by atoms with Crippen molar-refractivity contribution in [3.8, 4) is 0 Å². The molecule has 0 unspecified atom stereocenters. The lowest BCUT2D eigenvalue weighted by Gasteiger charge is -2.25. The quantitative estimate of drug-likeness (QED) is 0.861. The fourth-order valence-electron chi connectivity index (χ4n) is 2.81. The summed E-state index contributed by atoms with van der Waals surface area (Å²) in [6.07, 6.45) is 2.26. The van der Waals surface area contributed by atoms with Crippen molar-refractivity contribution in [1.29, 1.82) is 0 Å². The van der Waals surface area contributed by atoms with Gasteiger partial charge >= 0.3 is 0 Å². The Morgan fingerprint density at radius 3 is 2.75 bits per heavy atom. The molecular weight excluding hydrogens is 302 g/mol. The molecule has 2 heterocycles. The Bertz CT molecular complexity index is 544. The van der Waals surface area contributed by atoms with Crippen LogP contribution in [-0.2, 0) is 13.1 Å². The molecular formula is C18H33N5O. The zero-order valence-corrected chi connectivity index (χ0v) is 15.9. The average molecular weight is 335 g/mol. The molecule has 0 aromatic carbocycles. The second-order valence-corrected chi connectivity index (χ2v) is 8.24. The number of hydrogen-bond acceptors (Lipinski definition) is 4. The topological polar surface area (TPSA) is 53.4 Å². The van der Waals surface area contributed by atoms with Crippen LogP contribution in [-0.4, -0.2) is 65.8 Å². The Kier molecular flexibility index (Phi) is 6.40. The maximum Gasteiger partial charge on any atom is 0.271 e. The first kappa shape index (κ1) is 18.9. The van der Waals surface area contributed by atoms with Crippen LogP contribution in [0.25, 0.3) is 0 Å². The normalized spacial score (nSPS) is 16.1. The minimum absolute atomic E-state index is 0.0707. The highest BCUT2D eigenvalue weighted by Gasteiger charge is 2.20. The molecule has 1 amide bonds. The summed E-state index contributed by atoms with van der Waals surface area (Å²) < 4.78 is 2.01. The molecule has 136 valence electrons. The molecule has 0 fully saturated rings. The van der Waals surface area contributed by atoms with Gasteiger partial charge in [0.15, 0.2) is 0 Å². The lowest BCUT2D eigenvalue weighted by atomic mass is 9.92. The third kappa shape index (κ3) is 5.91. The lowest BCUT2D eigenvalue weighted by Crippen LogP contribution is -2.31. The summed E-state index contributed by atoms with van der Waals surface area (Å²) in [4.78, 5) is 16.8. The van der Waals surface area contributed by atoms with E-state index in [1.807, 2.05) is 24.8 Å². The van der Waals surface area contributed by atoms with Crippen LogP contribution in [0.4, 0.5) is 0 Å². The number of hydrogen-bond donors (Lipinski definition) is 1. The molecule has 0 atom stereocenters. The van der Waals surface area contributed by atoms with E-state index in [0.717, 1.165) is 44.8 Å². The fraction of sp³-hybridized carbons (Fsp3) is 0.778. The fourth-order valence-corrected chi connectivity index (χ4v) is 2.81. The molecule has 1 aliphatic heterocycles. The van der Waals surface area contributed by atoms with Crippen molar-refractivity contribution in [2.75, 3.05) is 40.3 Å². The zero-order valence-electron chi connectivity index (χ0n) is 15.9. The number of likely N-dealkylation sites (N-methyl/N-ethyl adjacent to an activating group) is 1. The van der Waals surface area contributed by atoms with E-state index < -0.39 is 0 Å². The van der Waals surface area contributed by atoms with E-state index in [1.54, 1.807) is 0 Å². The predicted molar refractivity (Wildman–Crippen MR) is 97.1 cm³/mol. The highest BCUT2D eigenvalue weighted by Crippen LogP contribution is 2.21. The summed E-state index contributed by atoms with van der Waals surface area (Å²) in [5, 5.41) is 7.46. The number of carbonyl (C=O) groups excluding carboxylic acids is 1. The molecule has 0 radical (unpaired) electrons. The van der Waals surface area contributed by atoms with Gasteiger partial charge in [-0.2, -0.15) is 5.10 Å². The third-order valence-corrected chi connectivity index (χ3v) is 4.35. The molecule has 1 aromatic rings. The van der Waals surface area contributed by atoms with Gasteiger partial charge < -0.3 is 10.2 Å². The lowest BCUT2D eigenvalue weighted by molar-refractivity contribution is 0.0945. The standard InChI is InChI=1S/C18H33N5O/c1-18(2,3)7-11-22-9-6-10-23-15(14-22)13-16(20-23)17(24)19-8-12-21(4)5/h13H,6-12,14H2,1-5H3,(H,19,24). The van der Waals surface area contributed by atoms with Gasteiger partial charge in [0.2, 0.25) is 0 Å². The summed E-state index contributed by atoms with van der Waals surface area (Å²) in [6.45, 7) is 12.3. The predicted octanol–water partition coefficient (Wildman–Crippen LogP) is 1.82. The number of nitrogens with one attached hydrogen (secondary N) is 1. The van der Waals surface area contributed by atoms with Crippen LogP contribution >= 0.6 is 0 Å². The zero-order chi connectivity index (χ0) is 17.7. The van der Waals surface area contributed by atoms with Crippen molar-refractivity contribution in [3.63, 3.8) is 0 Å². The second-order valence-electron chi connectivity index (χ2n) is 8.24. The number of nitrogens with zero attached hydrogens (tertiary/aromatic N) is 4. The summed E-state index contributed by atoms with van der Waals surface area (Å²) in [7, 11) is 3.99. The van der Waals surface area contributed by atoms with Crippen molar-refractivity contribution in [2.24, 2.45) is 5.41 Å². The van der Waals surface area contributed by atoms with Gasteiger partial charge in [-0.15, -0.1) is 0 Å². The maximum atomic E-state index is 12.2. The molecule has 1 N–H and O–H groups in total. The van der Waals surface area contributed by atoms with Crippen molar-refractivity contribution in [1.82, 2.24) is 24.9 Å². The van der Waals surface area contributed by atoms with E-state index in [4.69, 9.17) is 0 Å². The highest BCUT2D eigenvalue weighted by molar-refractivity contribution is 5.92. The van der Waals surface area contributed by atoms with Gasteiger partial charge in [0.25, 0.3) is 5.91 Å². The number of aromatic nitrogens is 2. The Morgan fingerprint density at radius 1 is 1.33 bits per heavy atom. The molecule has 0 aliphatic carbocycles. The molecule has 2 rings (SSSR count). The first-order chi connectivity index (χ1) is 11.2. The molecule has 0 bridgehead atoms. The number of fused-ring (bicyclic) bond motifs is 1. The van der Waals surface area contributed by atoms with E-state index in [9.17, 15) is 4.79 Å². The minimum atomic E-state index is -0.0707. The van der Waals surface area contributed by atoms with Crippen molar-refractivity contribution >= 4 is 5.91 Å². The van der Waals surface area contributed by atoms with Crippen LogP contribution < -0.4 is 5.32 Å². The maximum absolute atomic E-state index is 12.2. The van der Waals surface area contributed by atoms with Crippen LogP contribution in [0.15, 0.2) is 6.07 Å². The second kappa shape index (κ2) is 8.12. The summed E-state index contributed by atoms with van der Waals surface area (Å²) in [5.74, 6) is -0.0707. The molecule has 6 heteroatoms. The molecule has 24 heavy (non-hydrogen) atoms. The van der Waals surface area contributed by atoms with Gasteiger partial charge in [-0.3, -0.25) is 14.4 Å². The number of rotatable bonds is 6. The van der Waals surface area contributed by atoms with Crippen molar-refractivity contribution < 1.29 is 4.79 Å². The van der Waals surface area contributed by atoms with Gasteiger partial charge in [-0.1, -0.05) is 20.8 Å². The molecule has 1 aromatic heterocycles. The van der Waals surface area contributed by atoms with Gasteiger partial charge in [-0.25, -0.2) is 0 Å². The van der Waals surface area contributed by atoms with Crippen LogP contribution in [0.2, 0.25) is 0 Å². The largest absolute Gasteiger partial charge is 0.349 e. The Morgan fingerprint density at radius 2 is 2.08 bits per heavy atom. The van der Waals surface area contributed by atoms with Gasteiger partial charge in [0.1, 0.15) is 5.69 Å². The van der Waals surface area contributed by atoms with Gasteiger partial charge in [0, 0.05) is 32.7 Å². The van der Waals surface area contributed by atoms with Crippen LogP contribution in [0.5, 0.6) is 0 Å². The highest BCUT2D eigenvalue weighted by atomic mass is 16.1. The Hall–Kier alpha value is -1.40. The van der Waals surface area contributed by atoms with Crippen molar-refractivity contribution in [3.05, 3.63) is 17.5 Å². The summed E-state index contributed by atoms with van der Waals surface area (Å²) >= 11 is 0. The first-order valence-electron chi connectivity index (χ1n) is 8.96. The van der Waals surface area contributed by atoms with E-state index in [1.165, 1.54) is 6.42 Å². The third-order valence-electron chi connectivity index (χ3n) is 4.35. The van der Waals surface area contributed by atoms with Gasteiger partial charge in [-0.05, 0) is 45.0 Å². The summed E-state index contributed by atoms with van der Waals surface area (Å²) in [5.41, 5.74) is 2.05. The van der Waals surface area contributed by atoms with E-state index in [2.05, 4.69) is 41.0 Å². The number of aryl methyl sites for hydroxylation is 1. The van der Waals surface area contributed by atoms with Crippen LogP contribution in [0.3, 0.4) is 0 Å².